The smallest absolute Gasteiger partial charge is 0.134 e. The fourth-order valence-corrected chi connectivity index (χ4v) is 2.16. The number of furan rings is 1. The number of aromatic nitrogens is 2. The first kappa shape index (κ1) is 12.8. The molecule has 0 aliphatic heterocycles. The summed E-state index contributed by atoms with van der Waals surface area (Å²) in [6.45, 7) is 2.13. The van der Waals surface area contributed by atoms with Crippen LogP contribution in [0.15, 0.2) is 47.1 Å². The lowest BCUT2D eigenvalue weighted by Crippen LogP contribution is -2.23. The first-order chi connectivity index (χ1) is 9.76. The third-order valence-corrected chi connectivity index (χ3v) is 3.42. The Morgan fingerprint density at radius 2 is 1.90 bits per heavy atom. The van der Waals surface area contributed by atoms with Crippen molar-refractivity contribution < 1.29 is 4.42 Å². The van der Waals surface area contributed by atoms with Crippen molar-refractivity contribution in [1.29, 1.82) is 0 Å². The maximum atomic E-state index is 5.90. The van der Waals surface area contributed by atoms with Gasteiger partial charge in [-0.2, -0.15) is 0 Å². The van der Waals surface area contributed by atoms with E-state index in [0.29, 0.717) is 6.04 Å². The van der Waals surface area contributed by atoms with Crippen LogP contribution in [0.3, 0.4) is 0 Å². The Kier molecular flexibility index (Phi) is 3.48. The monoisotopic (exact) mass is 267 g/mol. The molecule has 3 aromatic rings. The molecule has 1 N–H and O–H groups in total. The number of likely N-dealkylation sites (N-methyl/N-ethyl adjacent to an activating group) is 1. The van der Waals surface area contributed by atoms with E-state index in [2.05, 4.69) is 22.2 Å². The summed E-state index contributed by atoms with van der Waals surface area (Å²) in [5.41, 5.74) is 2.81. The summed E-state index contributed by atoms with van der Waals surface area (Å²) in [4.78, 5) is 8.59. The highest BCUT2D eigenvalue weighted by molar-refractivity contribution is 5.79. The van der Waals surface area contributed by atoms with E-state index in [1.165, 1.54) is 0 Å². The molecule has 0 amide bonds. The number of nitrogens with one attached hydrogen (secondary N) is 1. The zero-order chi connectivity index (χ0) is 13.9. The Labute approximate surface area is 117 Å². The number of hydrogen-bond acceptors (Lipinski definition) is 4. The molecule has 0 saturated carbocycles. The van der Waals surface area contributed by atoms with Crippen LogP contribution < -0.4 is 5.32 Å². The molecule has 4 nitrogen and oxygen atoms in total. The van der Waals surface area contributed by atoms with E-state index in [1.807, 2.05) is 37.4 Å². The largest absolute Gasteiger partial charge is 0.461 e. The minimum atomic E-state index is 0.400. The van der Waals surface area contributed by atoms with Gasteiger partial charge in [-0.25, -0.2) is 0 Å². The van der Waals surface area contributed by atoms with Gasteiger partial charge >= 0.3 is 0 Å². The van der Waals surface area contributed by atoms with Crippen molar-refractivity contribution in [2.45, 2.75) is 19.4 Å². The molecular formula is C16H17N3O. The SMILES string of the molecule is CNC(C)Cc1ccc(-c2ccc3nccnc3c2)o1. The number of nitrogens with zero attached hydrogens (tertiary/aromatic N) is 2. The number of fused-ring (bicyclic) bond motifs is 1. The van der Waals surface area contributed by atoms with E-state index in [1.54, 1.807) is 12.4 Å². The van der Waals surface area contributed by atoms with Crippen LogP contribution in [0.25, 0.3) is 22.4 Å². The fraction of sp³-hybridized carbons (Fsp3) is 0.250. The molecule has 2 heterocycles. The van der Waals surface area contributed by atoms with Gasteiger partial charge in [-0.05, 0) is 44.3 Å². The Morgan fingerprint density at radius 1 is 1.10 bits per heavy atom. The van der Waals surface area contributed by atoms with Crippen molar-refractivity contribution in [3.63, 3.8) is 0 Å². The van der Waals surface area contributed by atoms with Gasteiger partial charge < -0.3 is 9.73 Å². The van der Waals surface area contributed by atoms with Crippen LogP contribution >= 0.6 is 0 Å². The molecule has 0 saturated heterocycles. The highest BCUT2D eigenvalue weighted by Crippen LogP contribution is 2.25. The Bertz CT molecular complexity index is 720. The van der Waals surface area contributed by atoms with Crippen LogP contribution in [0.4, 0.5) is 0 Å². The second-order valence-corrected chi connectivity index (χ2v) is 4.92. The first-order valence-corrected chi connectivity index (χ1v) is 6.73. The summed E-state index contributed by atoms with van der Waals surface area (Å²) >= 11 is 0. The van der Waals surface area contributed by atoms with Gasteiger partial charge in [0.05, 0.1) is 11.0 Å². The van der Waals surface area contributed by atoms with E-state index < -0.39 is 0 Å². The molecule has 1 atom stereocenters. The van der Waals surface area contributed by atoms with Crippen molar-refractivity contribution in [1.82, 2.24) is 15.3 Å². The second kappa shape index (κ2) is 5.43. The van der Waals surface area contributed by atoms with E-state index in [4.69, 9.17) is 4.42 Å². The molecule has 3 rings (SSSR count). The topological polar surface area (TPSA) is 51.0 Å². The van der Waals surface area contributed by atoms with Crippen molar-refractivity contribution in [2.75, 3.05) is 7.05 Å². The Hall–Kier alpha value is -2.20. The maximum absolute atomic E-state index is 5.90. The van der Waals surface area contributed by atoms with Gasteiger partial charge in [0.15, 0.2) is 0 Å². The lowest BCUT2D eigenvalue weighted by Gasteiger charge is -2.06. The quantitative estimate of drug-likeness (QED) is 0.789. The molecule has 1 aromatic carbocycles. The zero-order valence-electron chi connectivity index (χ0n) is 11.6. The van der Waals surface area contributed by atoms with E-state index in [9.17, 15) is 0 Å². The summed E-state index contributed by atoms with van der Waals surface area (Å²) < 4.78 is 5.90. The Balaban J connectivity index is 1.91. The normalized spacial score (nSPS) is 12.7. The molecule has 0 fully saturated rings. The summed E-state index contributed by atoms with van der Waals surface area (Å²) in [5.74, 6) is 1.86. The minimum Gasteiger partial charge on any atom is -0.461 e. The standard InChI is InChI=1S/C16H17N3O/c1-11(17-2)9-13-4-6-16(20-13)12-3-5-14-15(10-12)19-8-7-18-14/h3-8,10-11,17H,9H2,1-2H3. The first-order valence-electron chi connectivity index (χ1n) is 6.73. The number of benzene rings is 1. The van der Waals surface area contributed by atoms with Gasteiger partial charge in [-0.1, -0.05) is 0 Å². The second-order valence-electron chi connectivity index (χ2n) is 4.92. The molecular weight excluding hydrogens is 250 g/mol. The predicted molar refractivity (Wildman–Crippen MR) is 79.5 cm³/mol. The van der Waals surface area contributed by atoms with Gasteiger partial charge in [0.1, 0.15) is 11.5 Å². The number of hydrogen-bond donors (Lipinski definition) is 1. The van der Waals surface area contributed by atoms with Crippen LogP contribution in [0, 0.1) is 0 Å². The van der Waals surface area contributed by atoms with Crippen molar-refractivity contribution in [2.24, 2.45) is 0 Å². The molecule has 1 unspecified atom stereocenters. The van der Waals surface area contributed by atoms with Gasteiger partial charge in [0.2, 0.25) is 0 Å². The maximum Gasteiger partial charge on any atom is 0.134 e. The van der Waals surface area contributed by atoms with Crippen LogP contribution in [-0.4, -0.2) is 23.1 Å². The fourth-order valence-electron chi connectivity index (χ4n) is 2.16. The molecule has 0 radical (unpaired) electrons. The van der Waals surface area contributed by atoms with Crippen LogP contribution in [0.5, 0.6) is 0 Å². The van der Waals surface area contributed by atoms with Gasteiger partial charge in [0, 0.05) is 30.4 Å². The van der Waals surface area contributed by atoms with Crippen LogP contribution in [-0.2, 0) is 6.42 Å². The lowest BCUT2D eigenvalue weighted by molar-refractivity contribution is 0.481. The van der Waals surface area contributed by atoms with E-state index in [0.717, 1.165) is 34.5 Å². The Morgan fingerprint density at radius 3 is 2.70 bits per heavy atom. The molecule has 2 aromatic heterocycles. The average Bonchev–Trinajstić information content (AvgIpc) is 2.95. The third kappa shape index (κ3) is 2.56. The molecule has 102 valence electrons. The predicted octanol–water partition coefficient (Wildman–Crippen LogP) is 3.04. The molecule has 0 bridgehead atoms. The van der Waals surface area contributed by atoms with E-state index >= 15 is 0 Å². The molecule has 0 spiro atoms. The third-order valence-electron chi connectivity index (χ3n) is 3.42. The zero-order valence-corrected chi connectivity index (χ0v) is 11.6. The average molecular weight is 267 g/mol. The van der Waals surface area contributed by atoms with Crippen molar-refractivity contribution in [3.8, 4) is 11.3 Å². The van der Waals surface area contributed by atoms with Crippen molar-refractivity contribution >= 4 is 11.0 Å². The molecule has 20 heavy (non-hydrogen) atoms. The highest BCUT2D eigenvalue weighted by atomic mass is 16.3. The minimum absolute atomic E-state index is 0.400. The number of rotatable bonds is 4. The lowest BCUT2D eigenvalue weighted by atomic mass is 10.1. The van der Waals surface area contributed by atoms with E-state index in [-0.39, 0.29) is 0 Å². The summed E-state index contributed by atoms with van der Waals surface area (Å²) in [7, 11) is 1.95. The van der Waals surface area contributed by atoms with Crippen LogP contribution in [0.2, 0.25) is 0 Å². The summed E-state index contributed by atoms with van der Waals surface area (Å²) in [6, 6.07) is 10.4. The molecule has 0 aliphatic carbocycles. The van der Waals surface area contributed by atoms with Gasteiger partial charge in [-0.15, -0.1) is 0 Å². The summed E-state index contributed by atoms with van der Waals surface area (Å²) in [5, 5.41) is 3.21. The highest BCUT2D eigenvalue weighted by Gasteiger charge is 2.08. The van der Waals surface area contributed by atoms with Crippen LogP contribution in [0.1, 0.15) is 12.7 Å². The molecule has 0 aliphatic rings. The van der Waals surface area contributed by atoms with Crippen molar-refractivity contribution in [3.05, 3.63) is 48.5 Å². The van der Waals surface area contributed by atoms with Gasteiger partial charge in [0.25, 0.3) is 0 Å². The molecule has 4 heteroatoms. The van der Waals surface area contributed by atoms with Gasteiger partial charge in [-0.3, -0.25) is 9.97 Å². The summed E-state index contributed by atoms with van der Waals surface area (Å²) in [6.07, 6.45) is 4.28.